The number of hydrogen-bond donors (Lipinski definition) is 0. The quantitative estimate of drug-likeness (QED) is 0.155. The average molecular weight is 555 g/mol. The Kier molecular flexibility index (Phi) is 8.55. The minimum Gasteiger partial charge on any atom is -0.206 e. The Morgan fingerprint density at radius 1 is 0.789 bits per heavy atom. The summed E-state index contributed by atoms with van der Waals surface area (Å²) in [5.41, 5.74) is -2.31. The first-order valence-electron chi connectivity index (χ1n) is 12.5. The van der Waals surface area contributed by atoms with Gasteiger partial charge in [-0.25, -0.2) is 22.0 Å². The largest absolute Gasteiger partial charge is 0.353 e. The highest BCUT2D eigenvalue weighted by atomic mass is 35.5. The van der Waals surface area contributed by atoms with E-state index < -0.39 is 45.6 Å². The molecule has 0 nitrogen and oxygen atoms in total. The third-order valence-electron chi connectivity index (χ3n) is 7.25. The first-order valence-corrected chi connectivity index (χ1v) is 12.8. The SMILES string of the molecule is CC=CCCC1CCC(c2cc(F)c(-c3ccc(-c4cc(F)c(C(F)(F)Cl)c(F)c4)c(F)c3)c(F)c2)CC1. The van der Waals surface area contributed by atoms with Crippen LogP contribution < -0.4 is 0 Å². The summed E-state index contributed by atoms with van der Waals surface area (Å²) < 4.78 is 99.9. The maximum atomic E-state index is 15.1. The molecule has 3 aromatic rings. The second-order valence-electron chi connectivity index (χ2n) is 9.73. The van der Waals surface area contributed by atoms with Gasteiger partial charge >= 0.3 is 5.38 Å². The maximum Gasteiger partial charge on any atom is 0.353 e. The van der Waals surface area contributed by atoms with E-state index in [0.29, 0.717) is 23.6 Å². The average Bonchev–Trinajstić information content (AvgIpc) is 2.83. The third-order valence-corrected chi connectivity index (χ3v) is 7.44. The van der Waals surface area contributed by atoms with Crippen LogP contribution >= 0.6 is 11.6 Å². The Morgan fingerprint density at radius 3 is 1.89 bits per heavy atom. The summed E-state index contributed by atoms with van der Waals surface area (Å²) >= 11 is 4.75. The second-order valence-corrected chi connectivity index (χ2v) is 10.2. The Bertz CT molecular complexity index is 1290. The highest BCUT2D eigenvalue weighted by molar-refractivity contribution is 6.21. The molecule has 0 heterocycles. The minimum absolute atomic E-state index is 0.0401. The number of halogens is 8. The van der Waals surface area contributed by atoms with Crippen LogP contribution in [-0.4, -0.2) is 0 Å². The molecule has 1 fully saturated rings. The summed E-state index contributed by atoms with van der Waals surface area (Å²) in [7, 11) is 0. The van der Waals surface area contributed by atoms with E-state index in [1.807, 2.05) is 13.0 Å². The lowest BCUT2D eigenvalue weighted by Crippen LogP contribution is -2.14. The van der Waals surface area contributed by atoms with Gasteiger partial charge in [-0.15, -0.1) is 0 Å². The van der Waals surface area contributed by atoms with Crippen molar-refractivity contribution in [3.63, 3.8) is 0 Å². The number of allylic oxidation sites excluding steroid dienone is 2. The molecular formula is C30H26ClF7. The van der Waals surface area contributed by atoms with Gasteiger partial charge in [0.1, 0.15) is 34.6 Å². The van der Waals surface area contributed by atoms with E-state index in [2.05, 4.69) is 6.08 Å². The van der Waals surface area contributed by atoms with E-state index in [0.717, 1.165) is 50.7 Å². The maximum absolute atomic E-state index is 15.1. The monoisotopic (exact) mass is 554 g/mol. The van der Waals surface area contributed by atoms with Crippen LogP contribution in [0.15, 0.2) is 54.6 Å². The van der Waals surface area contributed by atoms with Crippen molar-refractivity contribution in [2.75, 3.05) is 0 Å². The molecule has 202 valence electrons. The number of alkyl halides is 3. The van der Waals surface area contributed by atoms with Gasteiger partial charge in [-0.1, -0.05) is 24.3 Å². The van der Waals surface area contributed by atoms with Crippen molar-refractivity contribution in [2.24, 2.45) is 5.92 Å². The van der Waals surface area contributed by atoms with E-state index in [9.17, 15) is 22.0 Å². The Morgan fingerprint density at radius 2 is 1.37 bits per heavy atom. The van der Waals surface area contributed by atoms with Crippen LogP contribution in [0.2, 0.25) is 0 Å². The smallest absolute Gasteiger partial charge is 0.206 e. The summed E-state index contributed by atoms with van der Waals surface area (Å²) in [6, 6.07) is 6.74. The molecule has 0 amide bonds. The number of hydrogen-bond acceptors (Lipinski definition) is 0. The third kappa shape index (κ3) is 6.09. The van der Waals surface area contributed by atoms with Crippen LogP contribution in [-0.2, 0) is 5.38 Å². The van der Waals surface area contributed by atoms with E-state index in [1.165, 1.54) is 18.2 Å². The van der Waals surface area contributed by atoms with Crippen LogP contribution in [0.3, 0.4) is 0 Å². The zero-order valence-electron chi connectivity index (χ0n) is 20.6. The molecule has 1 aliphatic carbocycles. The Labute approximate surface area is 222 Å². The van der Waals surface area contributed by atoms with Crippen molar-refractivity contribution < 1.29 is 30.7 Å². The van der Waals surface area contributed by atoms with Gasteiger partial charge in [0, 0.05) is 5.56 Å². The molecular weight excluding hydrogens is 529 g/mol. The van der Waals surface area contributed by atoms with Gasteiger partial charge in [-0.05, 0) is 116 Å². The molecule has 1 saturated carbocycles. The van der Waals surface area contributed by atoms with Crippen LogP contribution in [0, 0.1) is 35.0 Å². The van der Waals surface area contributed by atoms with Crippen LogP contribution in [0.25, 0.3) is 22.3 Å². The summed E-state index contributed by atoms with van der Waals surface area (Å²) in [4.78, 5) is 0. The molecule has 0 aliphatic heterocycles. The lowest BCUT2D eigenvalue weighted by atomic mass is 9.77. The van der Waals surface area contributed by atoms with E-state index >= 15 is 8.78 Å². The van der Waals surface area contributed by atoms with E-state index in [1.54, 1.807) is 0 Å². The fourth-order valence-electron chi connectivity index (χ4n) is 5.29. The lowest BCUT2D eigenvalue weighted by molar-refractivity contribution is 0.0859. The van der Waals surface area contributed by atoms with Crippen molar-refractivity contribution >= 4 is 11.6 Å². The fourth-order valence-corrected chi connectivity index (χ4v) is 5.47. The van der Waals surface area contributed by atoms with Gasteiger partial charge in [0.15, 0.2) is 0 Å². The minimum atomic E-state index is -4.29. The molecule has 0 radical (unpaired) electrons. The zero-order valence-corrected chi connectivity index (χ0v) is 21.4. The summed E-state index contributed by atoms with van der Waals surface area (Å²) in [5, 5.41) is -4.29. The molecule has 0 unspecified atom stereocenters. The Hall–Kier alpha value is -2.80. The molecule has 1 aliphatic rings. The molecule has 8 heteroatoms. The predicted octanol–water partition coefficient (Wildman–Crippen LogP) is 10.6. The highest BCUT2D eigenvalue weighted by Crippen LogP contribution is 2.41. The second kappa shape index (κ2) is 11.5. The summed E-state index contributed by atoms with van der Waals surface area (Å²) in [6.45, 7) is 1.99. The summed E-state index contributed by atoms with van der Waals surface area (Å²) in [6.07, 6.45) is 9.95. The van der Waals surface area contributed by atoms with Gasteiger partial charge < -0.3 is 0 Å². The van der Waals surface area contributed by atoms with Crippen molar-refractivity contribution in [3.05, 3.63) is 94.8 Å². The van der Waals surface area contributed by atoms with Crippen molar-refractivity contribution in [2.45, 2.75) is 56.7 Å². The number of rotatable bonds is 7. The van der Waals surface area contributed by atoms with E-state index in [4.69, 9.17) is 11.6 Å². The van der Waals surface area contributed by atoms with Gasteiger partial charge in [-0.3, -0.25) is 0 Å². The summed E-state index contributed by atoms with van der Waals surface area (Å²) in [5.74, 6) is -5.38. The number of benzene rings is 3. The standard InChI is InChI=1S/C30H26ClF7/c1-2-3-4-5-17-6-8-18(9-7-17)20-13-24(33)28(25(34)14-20)19-10-11-22(23(32)12-19)21-15-26(35)29(27(36)16-21)30(31,37)38/h2-3,10-18H,4-9H2,1H3. The topological polar surface area (TPSA) is 0 Å². The van der Waals surface area contributed by atoms with Crippen LogP contribution in [0.5, 0.6) is 0 Å². The highest BCUT2D eigenvalue weighted by Gasteiger charge is 2.35. The molecule has 0 atom stereocenters. The lowest BCUT2D eigenvalue weighted by Gasteiger charge is -2.29. The molecule has 38 heavy (non-hydrogen) atoms. The van der Waals surface area contributed by atoms with Gasteiger partial charge in [0.2, 0.25) is 0 Å². The first kappa shape index (κ1) is 28.2. The van der Waals surface area contributed by atoms with Crippen molar-refractivity contribution in [1.82, 2.24) is 0 Å². The van der Waals surface area contributed by atoms with Gasteiger partial charge in [0.05, 0.1) is 5.56 Å². The van der Waals surface area contributed by atoms with Crippen LogP contribution in [0.1, 0.15) is 62.5 Å². The normalized spacial score (nSPS) is 18.3. The molecule has 0 saturated heterocycles. The van der Waals surface area contributed by atoms with Crippen molar-refractivity contribution in [1.29, 1.82) is 0 Å². The molecule has 0 spiro atoms. The molecule has 0 bridgehead atoms. The first-order chi connectivity index (χ1) is 18.0. The molecule has 3 aromatic carbocycles. The zero-order chi connectivity index (χ0) is 27.6. The predicted molar refractivity (Wildman–Crippen MR) is 136 cm³/mol. The molecule has 4 rings (SSSR count). The van der Waals surface area contributed by atoms with Gasteiger partial charge in [-0.2, -0.15) is 8.78 Å². The van der Waals surface area contributed by atoms with Crippen LogP contribution in [0.4, 0.5) is 30.7 Å². The molecule has 0 aromatic heterocycles. The molecule has 0 N–H and O–H groups in total. The Balaban J connectivity index is 1.56. The fraction of sp³-hybridized carbons (Fsp3) is 0.333. The van der Waals surface area contributed by atoms with E-state index in [-0.39, 0.29) is 22.6 Å². The van der Waals surface area contributed by atoms with Gasteiger partial charge in [0.25, 0.3) is 0 Å². The van der Waals surface area contributed by atoms with Crippen molar-refractivity contribution in [3.8, 4) is 22.3 Å².